The smallest absolute Gasteiger partial charge is 0.306 e. The number of aliphatic carboxylic acids is 1. The molecule has 3 nitrogen and oxygen atoms in total. The third kappa shape index (κ3) is 5.44. The molecule has 0 aromatic rings. The van der Waals surface area contributed by atoms with E-state index in [0.717, 1.165) is 44.9 Å². The maximum Gasteiger partial charge on any atom is 0.306 e. The molecule has 0 bridgehead atoms. The molecule has 0 saturated heterocycles. The molecule has 21 heavy (non-hydrogen) atoms. The van der Waals surface area contributed by atoms with Crippen LogP contribution in [0.5, 0.6) is 0 Å². The lowest BCUT2D eigenvalue weighted by atomic mass is 9.73. The summed E-state index contributed by atoms with van der Waals surface area (Å²) in [5.41, 5.74) is 0. The number of ketones is 1. The largest absolute Gasteiger partial charge is 0.481 e. The molecule has 1 rings (SSSR count). The van der Waals surface area contributed by atoms with Gasteiger partial charge in [0.25, 0.3) is 0 Å². The van der Waals surface area contributed by atoms with Crippen molar-refractivity contribution in [1.82, 2.24) is 0 Å². The standard InChI is InChI=1S/C18H32O3/c1-5-6-12(2)17(19)14(4)11-13(3)15-7-9-16(10-8-15)18(20)21/h12-16H,5-11H2,1-4H3,(H,20,21). The molecule has 1 fully saturated rings. The first-order valence-corrected chi connectivity index (χ1v) is 8.63. The molecule has 0 aliphatic heterocycles. The summed E-state index contributed by atoms with van der Waals surface area (Å²) in [6.45, 7) is 8.47. The minimum Gasteiger partial charge on any atom is -0.481 e. The average molecular weight is 296 g/mol. The molecule has 0 amide bonds. The monoisotopic (exact) mass is 296 g/mol. The summed E-state index contributed by atoms with van der Waals surface area (Å²) >= 11 is 0. The molecule has 0 radical (unpaired) electrons. The summed E-state index contributed by atoms with van der Waals surface area (Å²) in [5, 5.41) is 9.05. The Labute approximate surface area is 129 Å². The predicted molar refractivity (Wildman–Crippen MR) is 85.1 cm³/mol. The Hall–Kier alpha value is -0.860. The van der Waals surface area contributed by atoms with Gasteiger partial charge in [-0.3, -0.25) is 9.59 Å². The van der Waals surface area contributed by atoms with Crippen molar-refractivity contribution < 1.29 is 14.7 Å². The van der Waals surface area contributed by atoms with Gasteiger partial charge in [0.1, 0.15) is 5.78 Å². The molecular weight excluding hydrogens is 264 g/mol. The SMILES string of the molecule is CCCC(C)C(=O)C(C)CC(C)C1CCC(C(=O)O)CC1. The van der Waals surface area contributed by atoms with Gasteiger partial charge in [0.15, 0.2) is 0 Å². The maximum atomic E-state index is 12.3. The van der Waals surface area contributed by atoms with Gasteiger partial charge in [0.2, 0.25) is 0 Å². The van der Waals surface area contributed by atoms with Crippen molar-refractivity contribution in [1.29, 1.82) is 0 Å². The number of carbonyl (C=O) groups excluding carboxylic acids is 1. The Morgan fingerprint density at radius 3 is 2.10 bits per heavy atom. The average Bonchev–Trinajstić information content (AvgIpc) is 2.46. The van der Waals surface area contributed by atoms with E-state index in [2.05, 4.69) is 20.8 Å². The Balaban J connectivity index is 2.41. The van der Waals surface area contributed by atoms with Crippen LogP contribution in [0.25, 0.3) is 0 Å². The summed E-state index contributed by atoms with van der Waals surface area (Å²) in [5.74, 6) is 1.06. The molecule has 122 valence electrons. The topological polar surface area (TPSA) is 54.4 Å². The van der Waals surface area contributed by atoms with Crippen LogP contribution in [0.1, 0.15) is 72.6 Å². The second kappa shape index (κ2) is 8.55. The first-order valence-electron chi connectivity index (χ1n) is 8.63. The van der Waals surface area contributed by atoms with Crippen molar-refractivity contribution in [2.45, 2.75) is 72.6 Å². The highest BCUT2D eigenvalue weighted by Gasteiger charge is 2.30. The molecule has 3 unspecified atom stereocenters. The van der Waals surface area contributed by atoms with Crippen molar-refractivity contribution in [3.05, 3.63) is 0 Å². The molecule has 0 spiro atoms. The first-order chi connectivity index (χ1) is 9.86. The number of carbonyl (C=O) groups is 2. The van der Waals surface area contributed by atoms with Gasteiger partial charge in [-0.25, -0.2) is 0 Å². The van der Waals surface area contributed by atoms with E-state index in [0.29, 0.717) is 17.6 Å². The predicted octanol–water partition coefficient (Wildman–Crippen LogP) is 4.55. The highest BCUT2D eigenvalue weighted by Crippen LogP contribution is 2.36. The van der Waals surface area contributed by atoms with Gasteiger partial charge in [-0.2, -0.15) is 0 Å². The van der Waals surface area contributed by atoms with Crippen LogP contribution in [0.15, 0.2) is 0 Å². The fraction of sp³-hybridized carbons (Fsp3) is 0.889. The Morgan fingerprint density at radius 2 is 1.62 bits per heavy atom. The number of carboxylic acid groups (broad SMARTS) is 1. The van der Waals surface area contributed by atoms with E-state index in [1.54, 1.807) is 0 Å². The number of carboxylic acids is 1. The lowest BCUT2D eigenvalue weighted by Gasteiger charge is -2.32. The van der Waals surface area contributed by atoms with Crippen molar-refractivity contribution >= 4 is 11.8 Å². The third-order valence-corrected chi connectivity index (χ3v) is 5.34. The van der Waals surface area contributed by atoms with Gasteiger partial charge < -0.3 is 5.11 Å². The molecule has 1 aliphatic rings. The zero-order valence-electron chi connectivity index (χ0n) is 14.1. The van der Waals surface area contributed by atoms with E-state index in [9.17, 15) is 9.59 Å². The van der Waals surface area contributed by atoms with Crippen LogP contribution in [0, 0.1) is 29.6 Å². The van der Waals surface area contributed by atoms with E-state index < -0.39 is 5.97 Å². The molecule has 0 aromatic carbocycles. The third-order valence-electron chi connectivity index (χ3n) is 5.34. The van der Waals surface area contributed by atoms with Crippen LogP contribution in [-0.2, 0) is 9.59 Å². The lowest BCUT2D eigenvalue weighted by Crippen LogP contribution is -2.27. The Bertz CT molecular complexity index is 342. The van der Waals surface area contributed by atoms with Gasteiger partial charge in [-0.1, -0.05) is 34.1 Å². The van der Waals surface area contributed by atoms with Crippen LogP contribution in [0.3, 0.4) is 0 Å². The molecule has 1 N–H and O–H groups in total. The van der Waals surface area contributed by atoms with Gasteiger partial charge in [-0.15, -0.1) is 0 Å². The summed E-state index contributed by atoms with van der Waals surface area (Å²) in [4.78, 5) is 23.3. The van der Waals surface area contributed by atoms with Crippen molar-refractivity contribution in [3.63, 3.8) is 0 Å². The van der Waals surface area contributed by atoms with E-state index in [-0.39, 0.29) is 17.8 Å². The van der Waals surface area contributed by atoms with Gasteiger partial charge in [0.05, 0.1) is 5.92 Å². The van der Waals surface area contributed by atoms with E-state index in [1.165, 1.54) is 0 Å². The number of hydrogen-bond acceptors (Lipinski definition) is 2. The van der Waals surface area contributed by atoms with E-state index >= 15 is 0 Å². The second-order valence-corrected chi connectivity index (χ2v) is 7.16. The van der Waals surface area contributed by atoms with Crippen molar-refractivity contribution in [3.8, 4) is 0 Å². The fourth-order valence-electron chi connectivity index (χ4n) is 3.86. The van der Waals surface area contributed by atoms with Crippen molar-refractivity contribution in [2.24, 2.45) is 29.6 Å². The van der Waals surface area contributed by atoms with Crippen LogP contribution in [-0.4, -0.2) is 16.9 Å². The lowest BCUT2D eigenvalue weighted by molar-refractivity contribution is -0.143. The molecule has 1 aliphatic carbocycles. The van der Waals surface area contributed by atoms with Crippen molar-refractivity contribution in [2.75, 3.05) is 0 Å². The number of hydrogen-bond donors (Lipinski definition) is 1. The molecule has 3 atom stereocenters. The normalized spacial score (nSPS) is 26.9. The molecular formula is C18H32O3. The zero-order chi connectivity index (χ0) is 16.0. The molecule has 0 heterocycles. The van der Waals surface area contributed by atoms with E-state index in [1.807, 2.05) is 6.92 Å². The summed E-state index contributed by atoms with van der Waals surface area (Å²) in [6.07, 6.45) is 6.62. The molecule has 0 aromatic heterocycles. The number of Topliss-reactive ketones (excluding diaryl/α,β-unsaturated/α-hetero) is 1. The Kier molecular flexibility index (Phi) is 7.41. The first kappa shape index (κ1) is 18.2. The minimum absolute atomic E-state index is 0.138. The van der Waals surface area contributed by atoms with E-state index in [4.69, 9.17) is 5.11 Å². The quantitative estimate of drug-likeness (QED) is 0.715. The second-order valence-electron chi connectivity index (χ2n) is 7.16. The molecule has 3 heteroatoms. The summed E-state index contributed by atoms with van der Waals surface area (Å²) < 4.78 is 0. The summed E-state index contributed by atoms with van der Waals surface area (Å²) in [6, 6.07) is 0. The van der Waals surface area contributed by atoms with Gasteiger partial charge >= 0.3 is 5.97 Å². The van der Waals surface area contributed by atoms with Crippen LogP contribution >= 0.6 is 0 Å². The highest BCUT2D eigenvalue weighted by molar-refractivity contribution is 5.82. The van der Waals surface area contributed by atoms with Crippen LogP contribution in [0.4, 0.5) is 0 Å². The number of rotatable bonds is 8. The zero-order valence-corrected chi connectivity index (χ0v) is 14.1. The fourth-order valence-corrected chi connectivity index (χ4v) is 3.86. The van der Waals surface area contributed by atoms with Crippen LogP contribution < -0.4 is 0 Å². The minimum atomic E-state index is -0.641. The van der Waals surface area contributed by atoms with Gasteiger partial charge in [-0.05, 0) is 50.4 Å². The maximum absolute atomic E-state index is 12.3. The van der Waals surface area contributed by atoms with Crippen LogP contribution in [0.2, 0.25) is 0 Å². The summed E-state index contributed by atoms with van der Waals surface area (Å²) in [7, 11) is 0. The highest BCUT2D eigenvalue weighted by atomic mass is 16.4. The molecule has 1 saturated carbocycles. The van der Waals surface area contributed by atoms with Gasteiger partial charge in [0, 0.05) is 11.8 Å². The Morgan fingerprint density at radius 1 is 1.05 bits per heavy atom.